The van der Waals surface area contributed by atoms with Gasteiger partial charge in [-0.1, -0.05) is 20.4 Å². The highest BCUT2D eigenvalue weighted by Gasteiger charge is 2.29. The van der Waals surface area contributed by atoms with Gasteiger partial charge >= 0.3 is 0 Å². The van der Waals surface area contributed by atoms with Crippen LogP contribution in [-0.4, -0.2) is 74.6 Å². The normalized spacial score (nSPS) is 20.7. The zero-order chi connectivity index (χ0) is 21.7. The second kappa shape index (κ2) is 10.0. The molecule has 2 unspecified atom stereocenters. The van der Waals surface area contributed by atoms with Crippen LogP contribution in [0.5, 0.6) is 0 Å². The number of hydrogen-bond donors (Lipinski definition) is 3. The highest BCUT2D eigenvalue weighted by Crippen LogP contribution is 2.31. The van der Waals surface area contributed by atoms with Gasteiger partial charge in [0.2, 0.25) is 5.95 Å². The number of aliphatic imine (C=N–C) groups is 1. The molecule has 2 aliphatic rings. The molecule has 164 valence electrons. The number of piperazine rings is 1. The maximum Gasteiger partial charge on any atom is 0.227 e. The maximum atomic E-state index is 12.5. The predicted molar refractivity (Wildman–Crippen MR) is 121 cm³/mol. The van der Waals surface area contributed by atoms with Crippen molar-refractivity contribution >= 4 is 28.4 Å². The summed E-state index contributed by atoms with van der Waals surface area (Å²) in [5, 5.41) is 13.0. The Hall–Kier alpha value is -2.46. The topological polar surface area (TPSA) is 120 Å². The molecular formula is C20H31N7O2S. The minimum atomic E-state index is -1.11. The van der Waals surface area contributed by atoms with Gasteiger partial charge in [-0.05, 0) is 18.2 Å². The van der Waals surface area contributed by atoms with Gasteiger partial charge in [0.25, 0.3) is 0 Å². The first kappa shape index (κ1) is 22.2. The lowest BCUT2D eigenvalue weighted by Gasteiger charge is -2.36. The van der Waals surface area contributed by atoms with Gasteiger partial charge in [0, 0.05) is 44.6 Å². The van der Waals surface area contributed by atoms with Crippen molar-refractivity contribution < 1.29 is 9.32 Å². The molecule has 9 nitrogen and oxygen atoms in total. The highest BCUT2D eigenvalue weighted by atomic mass is 32.2. The standard InChI is InChI=1S/C20H31N7O2S/c1-4-22-17(5-7-21)26-8-10-27(11-9-26)20-24-15-6-12-30(29)18(15)19(25-20)23-16(13-28)14(2)3/h4-5,7,14,16,28H,1,6,8-13,21H2,2-3H3,(H,23,24,25)/b7-5-,22-17?. The molecule has 2 aliphatic heterocycles. The van der Waals surface area contributed by atoms with Crippen molar-refractivity contribution in [1.29, 1.82) is 0 Å². The van der Waals surface area contributed by atoms with E-state index >= 15 is 0 Å². The molecule has 0 aromatic carbocycles. The largest absolute Gasteiger partial charge is 0.404 e. The van der Waals surface area contributed by atoms with Crippen LogP contribution in [0.15, 0.2) is 34.9 Å². The highest BCUT2D eigenvalue weighted by molar-refractivity contribution is 7.85. The van der Waals surface area contributed by atoms with Gasteiger partial charge < -0.3 is 26.0 Å². The number of nitrogens with two attached hydrogens (primary N) is 1. The summed E-state index contributed by atoms with van der Waals surface area (Å²) in [7, 11) is -1.11. The number of amidine groups is 1. The average Bonchev–Trinajstić information content (AvgIpc) is 3.12. The maximum absolute atomic E-state index is 12.5. The molecule has 1 saturated heterocycles. The van der Waals surface area contributed by atoms with E-state index in [0.29, 0.717) is 28.8 Å². The second-order valence-corrected chi connectivity index (χ2v) is 9.14. The van der Waals surface area contributed by atoms with Gasteiger partial charge in [-0.15, -0.1) is 0 Å². The fourth-order valence-electron chi connectivity index (χ4n) is 3.57. The van der Waals surface area contributed by atoms with Gasteiger partial charge in [-0.3, -0.25) is 4.21 Å². The quantitative estimate of drug-likeness (QED) is 0.425. The molecule has 4 N–H and O–H groups in total. The van der Waals surface area contributed by atoms with Crippen molar-refractivity contribution in [2.24, 2.45) is 16.6 Å². The Morgan fingerprint density at radius 1 is 1.37 bits per heavy atom. The van der Waals surface area contributed by atoms with Crippen LogP contribution in [0.2, 0.25) is 0 Å². The summed E-state index contributed by atoms with van der Waals surface area (Å²) in [5.41, 5.74) is 6.37. The smallest absolute Gasteiger partial charge is 0.227 e. The van der Waals surface area contributed by atoms with Crippen LogP contribution < -0.4 is 16.0 Å². The molecule has 3 rings (SSSR count). The van der Waals surface area contributed by atoms with Crippen molar-refractivity contribution in [3.63, 3.8) is 0 Å². The van der Waals surface area contributed by atoms with E-state index in [4.69, 9.17) is 15.7 Å². The third kappa shape index (κ3) is 4.81. The van der Waals surface area contributed by atoms with Gasteiger partial charge in [-0.25, -0.2) is 9.98 Å². The van der Waals surface area contributed by atoms with Gasteiger partial charge in [0.05, 0.1) is 29.1 Å². The lowest BCUT2D eigenvalue weighted by molar-refractivity contribution is 0.249. The number of aryl methyl sites for hydroxylation is 1. The fourth-order valence-corrected chi connectivity index (χ4v) is 4.88. The van der Waals surface area contributed by atoms with Crippen molar-refractivity contribution in [2.75, 3.05) is 48.8 Å². The lowest BCUT2D eigenvalue weighted by atomic mass is 10.1. The van der Waals surface area contributed by atoms with Crippen molar-refractivity contribution in [3.8, 4) is 0 Å². The van der Waals surface area contributed by atoms with Gasteiger partial charge in [0.15, 0.2) is 0 Å². The first-order valence-corrected chi connectivity index (χ1v) is 11.5. The lowest BCUT2D eigenvalue weighted by Crippen LogP contribution is -2.49. The van der Waals surface area contributed by atoms with Crippen LogP contribution in [0.25, 0.3) is 0 Å². The summed E-state index contributed by atoms with van der Waals surface area (Å²) in [6, 6.07) is -0.160. The van der Waals surface area contributed by atoms with E-state index in [1.807, 2.05) is 13.8 Å². The Balaban J connectivity index is 1.82. The molecule has 30 heavy (non-hydrogen) atoms. The average molecular weight is 434 g/mol. The molecular weight excluding hydrogens is 402 g/mol. The Kier molecular flexibility index (Phi) is 7.43. The van der Waals surface area contributed by atoms with E-state index < -0.39 is 10.8 Å². The van der Waals surface area contributed by atoms with Crippen molar-refractivity contribution in [1.82, 2.24) is 14.9 Å². The molecule has 0 spiro atoms. The summed E-state index contributed by atoms with van der Waals surface area (Å²) >= 11 is 0. The Morgan fingerprint density at radius 2 is 2.10 bits per heavy atom. The summed E-state index contributed by atoms with van der Waals surface area (Å²) in [4.78, 5) is 18.7. The number of fused-ring (bicyclic) bond motifs is 1. The number of aromatic nitrogens is 2. The minimum absolute atomic E-state index is 0.0167. The Labute approximate surface area is 180 Å². The van der Waals surface area contributed by atoms with Crippen LogP contribution in [0.1, 0.15) is 19.5 Å². The number of nitrogens with one attached hydrogen (secondary N) is 1. The Morgan fingerprint density at radius 3 is 2.70 bits per heavy atom. The van der Waals surface area contributed by atoms with Crippen LogP contribution in [0.3, 0.4) is 0 Å². The van der Waals surface area contributed by atoms with E-state index in [0.717, 1.165) is 37.7 Å². The van der Waals surface area contributed by atoms with E-state index in [2.05, 4.69) is 26.7 Å². The van der Waals surface area contributed by atoms with Crippen LogP contribution in [0, 0.1) is 5.92 Å². The van der Waals surface area contributed by atoms with Crippen LogP contribution >= 0.6 is 0 Å². The first-order chi connectivity index (χ1) is 14.5. The zero-order valence-corrected chi connectivity index (χ0v) is 18.4. The zero-order valence-electron chi connectivity index (χ0n) is 17.6. The molecule has 2 atom stereocenters. The molecule has 1 fully saturated rings. The van der Waals surface area contributed by atoms with Crippen LogP contribution in [-0.2, 0) is 17.2 Å². The number of rotatable bonds is 7. The number of anilines is 2. The van der Waals surface area contributed by atoms with Crippen molar-refractivity contribution in [2.45, 2.75) is 31.2 Å². The molecule has 10 heteroatoms. The van der Waals surface area contributed by atoms with E-state index in [9.17, 15) is 9.32 Å². The summed E-state index contributed by atoms with van der Waals surface area (Å²) in [6.07, 6.45) is 5.43. The van der Waals surface area contributed by atoms with E-state index in [1.165, 1.54) is 12.4 Å². The van der Waals surface area contributed by atoms with E-state index in [-0.39, 0.29) is 18.6 Å². The third-order valence-corrected chi connectivity index (χ3v) is 6.81. The number of aliphatic hydroxyl groups is 1. The summed E-state index contributed by atoms with van der Waals surface area (Å²) in [6.45, 7) is 10.7. The fraction of sp³-hybridized carbons (Fsp3) is 0.550. The molecule has 1 aromatic rings. The number of nitrogens with zero attached hydrogens (tertiary/aromatic N) is 5. The predicted octanol–water partition coefficient (Wildman–Crippen LogP) is 0.705. The van der Waals surface area contributed by atoms with Crippen molar-refractivity contribution in [3.05, 3.63) is 30.7 Å². The van der Waals surface area contributed by atoms with Gasteiger partial charge in [-0.2, -0.15) is 4.98 Å². The second-order valence-electron chi connectivity index (χ2n) is 7.63. The number of aliphatic hydroxyl groups excluding tert-OH is 1. The summed E-state index contributed by atoms with van der Waals surface area (Å²) < 4.78 is 12.5. The minimum Gasteiger partial charge on any atom is -0.404 e. The first-order valence-electron chi connectivity index (χ1n) is 10.2. The molecule has 0 aliphatic carbocycles. The molecule has 0 radical (unpaired) electrons. The molecule has 0 amide bonds. The summed E-state index contributed by atoms with van der Waals surface area (Å²) in [5.74, 6) is 2.77. The molecule has 3 heterocycles. The Bertz CT molecular complexity index is 848. The van der Waals surface area contributed by atoms with E-state index in [1.54, 1.807) is 6.08 Å². The molecule has 0 saturated carbocycles. The van der Waals surface area contributed by atoms with Crippen LogP contribution in [0.4, 0.5) is 11.8 Å². The third-order valence-electron chi connectivity index (χ3n) is 5.35. The monoisotopic (exact) mass is 433 g/mol. The molecule has 1 aromatic heterocycles. The SMILES string of the molecule is C=CN=C(/C=C\N)N1CCN(c2nc3c(c(NC(CO)C(C)C)n2)S(=O)CC3)CC1. The molecule has 0 bridgehead atoms. The van der Waals surface area contributed by atoms with Gasteiger partial charge in [0.1, 0.15) is 16.5 Å². The number of hydrogen-bond acceptors (Lipinski definition) is 8.